The zero-order valence-electron chi connectivity index (χ0n) is 16.9. The number of hydrogen-bond donors (Lipinski definition) is 2. The van der Waals surface area contributed by atoms with Crippen molar-refractivity contribution in [3.05, 3.63) is 87.3 Å². The third-order valence-electron chi connectivity index (χ3n) is 5.41. The van der Waals surface area contributed by atoms with Gasteiger partial charge in [-0.25, -0.2) is 13.8 Å². The molecule has 1 aliphatic heterocycles. The minimum absolute atomic E-state index is 0.0244. The maximum Gasteiger partial charge on any atom is 0.255 e. The Bertz CT molecular complexity index is 1470. The lowest BCUT2D eigenvalue weighted by Gasteiger charge is -2.11. The number of nitrogens with one attached hydrogen (secondary N) is 2. The Labute approximate surface area is 180 Å². The third-order valence-corrected chi connectivity index (χ3v) is 5.41. The summed E-state index contributed by atoms with van der Waals surface area (Å²) >= 11 is 0. The summed E-state index contributed by atoms with van der Waals surface area (Å²) in [7, 11) is 1.58. The first-order chi connectivity index (χ1) is 15.4. The second-order valence-corrected chi connectivity index (χ2v) is 7.64. The van der Waals surface area contributed by atoms with E-state index in [4.69, 9.17) is 0 Å². The highest BCUT2D eigenvalue weighted by Gasteiger charge is 2.18. The van der Waals surface area contributed by atoms with Crippen molar-refractivity contribution in [3.63, 3.8) is 0 Å². The molecule has 0 aliphatic carbocycles. The Balaban J connectivity index is 1.46. The second-order valence-electron chi connectivity index (χ2n) is 7.64. The molecule has 0 fully saturated rings. The molecule has 0 bridgehead atoms. The van der Waals surface area contributed by atoms with Crippen molar-refractivity contribution in [1.29, 1.82) is 0 Å². The topological polar surface area (TPSA) is 88.9 Å². The summed E-state index contributed by atoms with van der Waals surface area (Å²) in [4.78, 5) is 33.1. The quantitative estimate of drug-likeness (QED) is 0.515. The number of aryl methyl sites for hydroxylation is 1. The van der Waals surface area contributed by atoms with Gasteiger partial charge in [-0.05, 0) is 41.5 Å². The zero-order valence-corrected chi connectivity index (χ0v) is 16.9. The number of carbonyl (C=O) groups excluding carboxylic acids is 1. The van der Waals surface area contributed by atoms with Crippen molar-refractivity contribution in [3.8, 4) is 0 Å². The minimum Gasteiger partial charge on any atom is -0.326 e. The van der Waals surface area contributed by atoms with Crippen LogP contribution < -0.4 is 16.2 Å². The smallest absolute Gasteiger partial charge is 0.255 e. The molecule has 7 nitrogen and oxygen atoms in total. The molecule has 0 radical (unpaired) electrons. The highest BCUT2D eigenvalue weighted by molar-refractivity contribution is 5.99. The first-order valence-corrected chi connectivity index (χ1v) is 9.87. The predicted molar refractivity (Wildman–Crippen MR) is 116 cm³/mol. The van der Waals surface area contributed by atoms with Gasteiger partial charge in [-0.15, -0.1) is 0 Å². The highest BCUT2D eigenvalue weighted by atomic mass is 19.1. The molecule has 2 aromatic heterocycles. The molecule has 3 heterocycles. The number of hydrogen-bond acceptors (Lipinski definition) is 5. The van der Waals surface area contributed by atoms with Gasteiger partial charge in [0.25, 0.3) is 5.56 Å². The van der Waals surface area contributed by atoms with E-state index in [0.717, 1.165) is 23.4 Å². The van der Waals surface area contributed by atoms with E-state index >= 15 is 0 Å². The number of pyridine rings is 1. The summed E-state index contributed by atoms with van der Waals surface area (Å²) in [6.45, 7) is 0. The van der Waals surface area contributed by atoms with Crippen molar-refractivity contribution in [2.45, 2.75) is 12.8 Å². The summed E-state index contributed by atoms with van der Waals surface area (Å²) in [5.74, 6) is -1.13. The van der Waals surface area contributed by atoms with Crippen molar-refractivity contribution in [2.75, 3.05) is 10.6 Å². The standard InChI is InChI=1S/C23H17F2N5O2/c1-30-21-15(7-14(22(30)32)6-12-2-3-16(24)10-18(12)25)11-26-23(29-21)27-17-4-5-19-13(8-17)9-20(31)28-19/h2-5,7-8,10-11H,6,9H2,1H3,(H,28,31)(H,26,27,29). The molecule has 1 amide bonds. The molecule has 5 rings (SSSR count). The van der Waals surface area contributed by atoms with Crippen LogP contribution in [0.5, 0.6) is 0 Å². The van der Waals surface area contributed by atoms with E-state index in [1.165, 1.54) is 10.6 Å². The molecule has 1 aliphatic rings. The zero-order chi connectivity index (χ0) is 22.4. The van der Waals surface area contributed by atoms with Crippen molar-refractivity contribution in [1.82, 2.24) is 14.5 Å². The number of benzene rings is 2. The summed E-state index contributed by atoms with van der Waals surface area (Å²) in [5, 5.41) is 6.48. The Kier molecular flexibility index (Phi) is 4.66. The molecule has 0 spiro atoms. The number of rotatable bonds is 4. The van der Waals surface area contributed by atoms with Crippen LogP contribution in [0, 0.1) is 11.6 Å². The molecule has 0 unspecified atom stereocenters. The fourth-order valence-corrected chi connectivity index (χ4v) is 3.81. The van der Waals surface area contributed by atoms with Gasteiger partial charge in [-0.1, -0.05) is 6.07 Å². The first kappa shape index (κ1) is 19.8. The molecule has 2 aromatic carbocycles. The van der Waals surface area contributed by atoms with E-state index in [1.807, 2.05) is 6.07 Å². The SMILES string of the molecule is Cn1c(=O)c(Cc2ccc(F)cc2F)cc2cnc(Nc3ccc4c(c3)CC(=O)N4)nc21. The van der Waals surface area contributed by atoms with Crippen LogP contribution in [0.3, 0.4) is 0 Å². The number of amides is 1. The van der Waals surface area contributed by atoms with Crippen LogP contribution >= 0.6 is 0 Å². The number of aromatic nitrogens is 3. The molecule has 160 valence electrons. The molecule has 32 heavy (non-hydrogen) atoms. The van der Waals surface area contributed by atoms with Crippen LogP contribution in [-0.4, -0.2) is 20.4 Å². The van der Waals surface area contributed by atoms with Crippen LogP contribution in [0.1, 0.15) is 16.7 Å². The normalized spacial score (nSPS) is 12.7. The van der Waals surface area contributed by atoms with Crippen molar-refractivity contribution >= 4 is 34.3 Å². The van der Waals surface area contributed by atoms with E-state index in [-0.39, 0.29) is 23.5 Å². The molecule has 0 saturated heterocycles. The van der Waals surface area contributed by atoms with Crippen molar-refractivity contribution in [2.24, 2.45) is 7.05 Å². The van der Waals surface area contributed by atoms with Gasteiger partial charge in [0.1, 0.15) is 17.3 Å². The van der Waals surface area contributed by atoms with Gasteiger partial charge in [0.2, 0.25) is 11.9 Å². The van der Waals surface area contributed by atoms with Gasteiger partial charge in [-0.3, -0.25) is 14.2 Å². The Morgan fingerprint density at radius 2 is 1.94 bits per heavy atom. The van der Waals surface area contributed by atoms with Gasteiger partial charge in [0.15, 0.2) is 0 Å². The van der Waals surface area contributed by atoms with Crippen LogP contribution in [0.4, 0.5) is 26.1 Å². The van der Waals surface area contributed by atoms with Gasteiger partial charge in [0, 0.05) is 48.1 Å². The van der Waals surface area contributed by atoms with Gasteiger partial charge in [0.05, 0.1) is 6.42 Å². The van der Waals surface area contributed by atoms with E-state index in [9.17, 15) is 18.4 Å². The Morgan fingerprint density at radius 1 is 1.09 bits per heavy atom. The van der Waals surface area contributed by atoms with Gasteiger partial charge < -0.3 is 10.6 Å². The van der Waals surface area contributed by atoms with Crippen molar-refractivity contribution < 1.29 is 13.6 Å². The van der Waals surface area contributed by atoms with Crippen LogP contribution in [-0.2, 0) is 24.7 Å². The van der Waals surface area contributed by atoms with Gasteiger partial charge in [-0.2, -0.15) is 4.98 Å². The molecule has 2 N–H and O–H groups in total. The number of nitrogens with zero attached hydrogens (tertiary/aromatic N) is 3. The lowest BCUT2D eigenvalue weighted by molar-refractivity contribution is -0.115. The van der Waals surface area contributed by atoms with Crippen LogP contribution in [0.2, 0.25) is 0 Å². The average molecular weight is 433 g/mol. The average Bonchev–Trinajstić information content (AvgIpc) is 3.13. The summed E-state index contributed by atoms with van der Waals surface area (Å²) in [6, 6.07) is 10.4. The van der Waals surface area contributed by atoms with E-state index in [2.05, 4.69) is 20.6 Å². The Hall–Kier alpha value is -4.14. The third kappa shape index (κ3) is 3.58. The fourth-order valence-electron chi connectivity index (χ4n) is 3.81. The fraction of sp³-hybridized carbons (Fsp3) is 0.130. The second kappa shape index (κ2) is 7.52. The molecule has 0 atom stereocenters. The van der Waals surface area contributed by atoms with E-state index in [1.54, 1.807) is 31.4 Å². The van der Waals surface area contributed by atoms with Gasteiger partial charge >= 0.3 is 0 Å². The largest absolute Gasteiger partial charge is 0.326 e. The molecule has 0 saturated carbocycles. The first-order valence-electron chi connectivity index (χ1n) is 9.87. The van der Waals surface area contributed by atoms with E-state index in [0.29, 0.717) is 34.7 Å². The molecular weight excluding hydrogens is 416 g/mol. The lowest BCUT2D eigenvalue weighted by Crippen LogP contribution is -2.22. The number of halogens is 2. The number of fused-ring (bicyclic) bond motifs is 2. The summed E-state index contributed by atoms with van der Waals surface area (Å²) in [6.07, 6.45) is 1.92. The molecule has 4 aromatic rings. The number of carbonyl (C=O) groups is 1. The maximum absolute atomic E-state index is 14.0. The monoisotopic (exact) mass is 433 g/mol. The number of anilines is 3. The summed E-state index contributed by atoms with van der Waals surface area (Å²) < 4.78 is 28.6. The molecule has 9 heteroatoms. The van der Waals surface area contributed by atoms with Crippen LogP contribution in [0.25, 0.3) is 11.0 Å². The van der Waals surface area contributed by atoms with E-state index < -0.39 is 11.6 Å². The maximum atomic E-state index is 14.0. The van der Waals surface area contributed by atoms with Crippen LogP contribution in [0.15, 0.2) is 53.5 Å². The molecular formula is C23H17F2N5O2. The highest BCUT2D eigenvalue weighted by Crippen LogP contribution is 2.27. The summed E-state index contributed by atoms with van der Waals surface area (Å²) in [5.41, 5.74) is 3.05. The predicted octanol–water partition coefficient (Wildman–Crippen LogP) is 3.44. The Morgan fingerprint density at radius 3 is 2.75 bits per heavy atom. The lowest BCUT2D eigenvalue weighted by atomic mass is 10.0. The minimum atomic E-state index is -0.700.